The zero-order chi connectivity index (χ0) is 16.0. The van der Waals surface area contributed by atoms with Crippen molar-refractivity contribution in [3.05, 3.63) is 29.8 Å². The largest absolute Gasteiger partial charge is 0.338 e. The third-order valence-corrected chi connectivity index (χ3v) is 3.13. The highest BCUT2D eigenvalue weighted by Crippen LogP contribution is 2.12. The molecule has 1 aromatic carbocycles. The van der Waals surface area contributed by atoms with Crippen molar-refractivity contribution in [3.8, 4) is 0 Å². The molecule has 4 N–H and O–H groups in total. The Bertz CT molecular complexity index is 491. The number of nitrogens with two attached hydrogens (primary N) is 1. The van der Waals surface area contributed by atoms with Crippen molar-refractivity contribution in [3.63, 3.8) is 0 Å². The van der Waals surface area contributed by atoms with Gasteiger partial charge in [0.25, 0.3) is 5.91 Å². The summed E-state index contributed by atoms with van der Waals surface area (Å²) < 4.78 is 0. The molecule has 7 heteroatoms. The second kappa shape index (κ2) is 9.27. The van der Waals surface area contributed by atoms with Crippen LogP contribution in [-0.4, -0.2) is 42.5 Å². The van der Waals surface area contributed by atoms with Gasteiger partial charge in [-0.1, -0.05) is 0 Å². The first-order chi connectivity index (χ1) is 9.85. The maximum absolute atomic E-state index is 12.2. The van der Waals surface area contributed by atoms with E-state index in [1.807, 2.05) is 20.8 Å². The first kappa shape index (κ1) is 20.2. The Kier molecular flexibility index (Phi) is 8.52. The molecule has 0 fully saturated rings. The Hall–Kier alpha value is -1.79. The summed E-state index contributed by atoms with van der Waals surface area (Å²) in [5.41, 5.74) is 6.76. The number of nitrogens with zero attached hydrogens (tertiary/aromatic N) is 1. The van der Waals surface area contributed by atoms with Gasteiger partial charge in [-0.2, -0.15) is 0 Å². The molecule has 0 saturated heterocycles. The quantitative estimate of drug-likeness (QED) is 0.773. The van der Waals surface area contributed by atoms with Gasteiger partial charge in [-0.3, -0.25) is 4.79 Å². The van der Waals surface area contributed by atoms with Crippen LogP contribution < -0.4 is 16.4 Å². The summed E-state index contributed by atoms with van der Waals surface area (Å²) in [6.07, 6.45) is 0. The van der Waals surface area contributed by atoms with Gasteiger partial charge in [0.15, 0.2) is 0 Å². The number of anilines is 1. The Balaban J connectivity index is 0.00000441. The minimum atomic E-state index is -0.266. The molecule has 0 aliphatic rings. The number of hydrogen-bond acceptors (Lipinski definition) is 3. The molecular formula is C15H25ClN4O2. The van der Waals surface area contributed by atoms with Gasteiger partial charge in [0.2, 0.25) is 0 Å². The molecule has 6 nitrogen and oxygen atoms in total. The van der Waals surface area contributed by atoms with Crippen molar-refractivity contribution in [2.45, 2.75) is 32.9 Å². The number of urea groups is 1. The summed E-state index contributed by atoms with van der Waals surface area (Å²) in [7, 11) is 1.72. The molecule has 0 saturated carbocycles. The van der Waals surface area contributed by atoms with E-state index in [2.05, 4.69) is 10.6 Å². The number of carbonyl (C=O) groups excluding carboxylic acids is 2. The van der Waals surface area contributed by atoms with Crippen molar-refractivity contribution in [2.24, 2.45) is 5.73 Å². The monoisotopic (exact) mass is 328 g/mol. The van der Waals surface area contributed by atoms with Crippen molar-refractivity contribution < 1.29 is 9.59 Å². The highest BCUT2D eigenvalue weighted by molar-refractivity contribution is 5.95. The van der Waals surface area contributed by atoms with E-state index in [0.29, 0.717) is 17.8 Å². The van der Waals surface area contributed by atoms with Crippen LogP contribution in [0.2, 0.25) is 0 Å². The van der Waals surface area contributed by atoms with Crippen LogP contribution in [0.15, 0.2) is 24.3 Å². The van der Waals surface area contributed by atoms with Crippen molar-refractivity contribution in [1.29, 1.82) is 0 Å². The summed E-state index contributed by atoms with van der Waals surface area (Å²) in [6, 6.07) is 6.56. The van der Waals surface area contributed by atoms with Gasteiger partial charge in [-0.05, 0) is 45.0 Å². The smallest absolute Gasteiger partial charge is 0.319 e. The molecule has 124 valence electrons. The van der Waals surface area contributed by atoms with Crippen LogP contribution in [0.25, 0.3) is 0 Å². The predicted molar refractivity (Wildman–Crippen MR) is 91.6 cm³/mol. The lowest BCUT2D eigenvalue weighted by molar-refractivity contribution is 0.0748. The zero-order valence-corrected chi connectivity index (χ0v) is 14.2. The Labute approximate surface area is 137 Å². The second-order valence-electron chi connectivity index (χ2n) is 5.33. The molecular weight excluding hydrogens is 304 g/mol. The lowest BCUT2D eigenvalue weighted by Gasteiger charge is -2.23. The Morgan fingerprint density at radius 1 is 1.18 bits per heavy atom. The molecule has 0 heterocycles. The molecule has 0 spiro atoms. The normalized spacial score (nSPS) is 11.4. The molecule has 0 bridgehead atoms. The van der Waals surface area contributed by atoms with E-state index in [0.717, 1.165) is 0 Å². The number of hydrogen-bond donors (Lipinski definition) is 3. The minimum Gasteiger partial charge on any atom is -0.338 e. The first-order valence-corrected chi connectivity index (χ1v) is 7.00. The Morgan fingerprint density at radius 3 is 2.18 bits per heavy atom. The molecule has 3 amide bonds. The lowest BCUT2D eigenvalue weighted by atomic mass is 10.1. The fourth-order valence-corrected chi connectivity index (χ4v) is 1.69. The maximum Gasteiger partial charge on any atom is 0.319 e. The van der Waals surface area contributed by atoms with Gasteiger partial charge in [0.1, 0.15) is 0 Å². The van der Waals surface area contributed by atoms with E-state index in [1.54, 1.807) is 36.2 Å². The van der Waals surface area contributed by atoms with Crippen molar-refractivity contribution in [2.75, 3.05) is 18.9 Å². The van der Waals surface area contributed by atoms with E-state index in [4.69, 9.17) is 5.73 Å². The number of rotatable bonds is 5. The number of carbonyl (C=O) groups is 2. The predicted octanol–water partition coefficient (Wildman–Crippen LogP) is 2.06. The summed E-state index contributed by atoms with van der Waals surface area (Å²) in [4.78, 5) is 25.4. The number of amides is 3. The fourth-order valence-electron chi connectivity index (χ4n) is 1.69. The standard InChI is InChI=1S/C15H24N4O2.ClH/c1-10(2)17-15(21)18-13-7-5-12(6-8-13)14(20)19(4)11(3)9-16;/h5-8,10-11H,9,16H2,1-4H3,(H2,17,18,21);1H. The topological polar surface area (TPSA) is 87.5 Å². The average Bonchev–Trinajstić information content (AvgIpc) is 2.44. The maximum atomic E-state index is 12.2. The molecule has 1 aromatic rings. The SMILES string of the molecule is CC(C)NC(=O)Nc1ccc(C(=O)N(C)C(C)CN)cc1.Cl. The van der Waals surface area contributed by atoms with E-state index < -0.39 is 0 Å². The molecule has 22 heavy (non-hydrogen) atoms. The van der Waals surface area contributed by atoms with Crippen LogP contribution in [0, 0.1) is 0 Å². The number of benzene rings is 1. The van der Waals surface area contributed by atoms with E-state index >= 15 is 0 Å². The van der Waals surface area contributed by atoms with E-state index in [1.165, 1.54) is 0 Å². The third kappa shape index (κ3) is 5.91. The van der Waals surface area contributed by atoms with Crippen molar-refractivity contribution in [1.82, 2.24) is 10.2 Å². The molecule has 0 aromatic heterocycles. The van der Waals surface area contributed by atoms with E-state index in [9.17, 15) is 9.59 Å². The molecule has 1 atom stereocenters. The van der Waals surface area contributed by atoms with Gasteiger partial charge >= 0.3 is 6.03 Å². The van der Waals surface area contributed by atoms with Crippen LogP contribution in [-0.2, 0) is 0 Å². The summed E-state index contributed by atoms with van der Waals surface area (Å²) >= 11 is 0. The van der Waals surface area contributed by atoms with Crippen molar-refractivity contribution >= 4 is 30.0 Å². The molecule has 1 rings (SSSR count). The van der Waals surface area contributed by atoms with E-state index in [-0.39, 0.29) is 36.4 Å². The molecule has 0 aliphatic heterocycles. The number of halogens is 1. The Morgan fingerprint density at radius 2 is 1.73 bits per heavy atom. The molecule has 0 radical (unpaired) electrons. The summed E-state index contributed by atoms with van der Waals surface area (Å²) in [6.45, 7) is 6.08. The fraction of sp³-hybridized carbons (Fsp3) is 0.467. The highest BCUT2D eigenvalue weighted by atomic mass is 35.5. The summed E-state index contributed by atoms with van der Waals surface area (Å²) in [5, 5.41) is 5.44. The van der Waals surface area contributed by atoms with Gasteiger partial charge in [0, 0.05) is 36.9 Å². The summed E-state index contributed by atoms with van der Waals surface area (Å²) in [5.74, 6) is -0.0915. The highest BCUT2D eigenvalue weighted by Gasteiger charge is 2.16. The zero-order valence-electron chi connectivity index (χ0n) is 13.4. The molecule has 0 aliphatic carbocycles. The minimum absolute atomic E-state index is 0. The van der Waals surface area contributed by atoms with Crippen LogP contribution in [0.3, 0.4) is 0 Å². The van der Waals surface area contributed by atoms with Crippen LogP contribution in [0.1, 0.15) is 31.1 Å². The van der Waals surface area contributed by atoms with Gasteiger partial charge in [-0.15, -0.1) is 12.4 Å². The van der Waals surface area contributed by atoms with Gasteiger partial charge in [-0.25, -0.2) is 4.79 Å². The number of likely N-dealkylation sites (N-methyl/N-ethyl adjacent to an activating group) is 1. The van der Waals surface area contributed by atoms with Crippen LogP contribution in [0.4, 0.5) is 10.5 Å². The second-order valence-corrected chi connectivity index (χ2v) is 5.33. The van der Waals surface area contributed by atoms with Gasteiger partial charge < -0.3 is 21.3 Å². The average molecular weight is 329 g/mol. The van der Waals surface area contributed by atoms with Crippen LogP contribution in [0.5, 0.6) is 0 Å². The van der Waals surface area contributed by atoms with Gasteiger partial charge in [0.05, 0.1) is 0 Å². The first-order valence-electron chi connectivity index (χ1n) is 7.00. The lowest BCUT2D eigenvalue weighted by Crippen LogP contribution is -2.39. The van der Waals surface area contributed by atoms with Crippen LogP contribution >= 0.6 is 12.4 Å². The number of nitrogens with one attached hydrogen (secondary N) is 2. The molecule has 1 unspecified atom stereocenters. The third-order valence-electron chi connectivity index (χ3n) is 3.13.